The van der Waals surface area contributed by atoms with E-state index in [9.17, 15) is 0 Å². The first-order valence-corrected chi connectivity index (χ1v) is 8.74. The van der Waals surface area contributed by atoms with E-state index in [0.29, 0.717) is 24.0 Å². The Kier molecular flexibility index (Phi) is 6.58. The van der Waals surface area contributed by atoms with Gasteiger partial charge in [-0.1, -0.05) is 13.8 Å². The quantitative estimate of drug-likeness (QED) is 0.417. The van der Waals surface area contributed by atoms with Crippen molar-refractivity contribution in [3.8, 4) is 0 Å². The second-order valence-corrected chi connectivity index (χ2v) is 7.54. The average Bonchev–Trinajstić information content (AvgIpc) is 3.11. The summed E-state index contributed by atoms with van der Waals surface area (Å²) in [5.74, 6) is 2.37. The summed E-state index contributed by atoms with van der Waals surface area (Å²) in [4.78, 5) is 7.16. The lowest BCUT2D eigenvalue weighted by molar-refractivity contribution is -0.107. The zero-order chi connectivity index (χ0) is 15.7. The van der Waals surface area contributed by atoms with Crippen LogP contribution in [0.2, 0.25) is 0 Å². The second-order valence-electron chi connectivity index (χ2n) is 7.54. The number of guanidine groups is 1. The van der Waals surface area contributed by atoms with Crippen LogP contribution in [0.5, 0.6) is 0 Å². The number of hydrogen-bond acceptors (Lipinski definition) is 3. The summed E-state index contributed by atoms with van der Waals surface area (Å²) in [5.41, 5.74) is 0.196. The molecule has 0 bridgehead atoms. The fraction of sp³-hybridized carbons (Fsp3) is 0.941. The van der Waals surface area contributed by atoms with E-state index in [1.807, 2.05) is 0 Å². The molecule has 1 N–H and O–H groups in total. The summed E-state index contributed by atoms with van der Waals surface area (Å²) in [6.45, 7) is 11.5. The second kappa shape index (κ2) is 7.87. The number of nitrogens with one attached hydrogen (secondary N) is 1. The van der Waals surface area contributed by atoms with Crippen LogP contribution in [-0.2, 0) is 9.47 Å². The molecule has 0 aromatic heterocycles. The number of aliphatic imine (C=N–C) groups is 1. The Morgan fingerprint density at radius 3 is 2.87 bits per heavy atom. The number of hydrogen-bond donors (Lipinski definition) is 1. The van der Waals surface area contributed by atoms with Gasteiger partial charge < -0.3 is 19.7 Å². The molecule has 2 saturated heterocycles. The molecular formula is C17H32IN3O2. The van der Waals surface area contributed by atoms with Gasteiger partial charge in [-0.3, -0.25) is 4.99 Å². The zero-order valence-corrected chi connectivity index (χ0v) is 17.2. The number of halogens is 1. The summed E-state index contributed by atoms with van der Waals surface area (Å²) in [7, 11) is 1.79. The molecule has 23 heavy (non-hydrogen) atoms. The molecule has 0 amide bonds. The molecular weight excluding hydrogens is 405 g/mol. The third-order valence-electron chi connectivity index (χ3n) is 5.68. The largest absolute Gasteiger partial charge is 0.384 e. The lowest BCUT2D eigenvalue weighted by atomic mass is 9.57. The Morgan fingerprint density at radius 2 is 2.17 bits per heavy atom. The molecule has 0 radical (unpaired) electrons. The Balaban J connectivity index is 0.00000192. The molecule has 6 heteroatoms. The van der Waals surface area contributed by atoms with E-state index in [2.05, 4.69) is 31.0 Å². The number of likely N-dealkylation sites (tertiary alicyclic amines) is 1. The highest BCUT2D eigenvalue weighted by Crippen LogP contribution is 2.52. The summed E-state index contributed by atoms with van der Waals surface area (Å²) < 4.78 is 11.2. The molecule has 3 aliphatic rings. The molecule has 3 rings (SSSR count). The van der Waals surface area contributed by atoms with Crippen LogP contribution in [0.1, 0.15) is 33.6 Å². The van der Waals surface area contributed by atoms with Crippen molar-refractivity contribution in [1.82, 2.24) is 10.2 Å². The van der Waals surface area contributed by atoms with Crippen molar-refractivity contribution in [2.45, 2.75) is 45.8 Å². The van der Waals surface area contributed by atoms with Gasteiger partial charge in [-0.15, -0.1) is 24.0 Å². The Bertz CT molecular complexity index is 430. The highest BCUT2D eigenvalue weighted by Gasteiger charge is 2.59. The van der Waals surface area contributed by atoms with Gasteiger partial charge >= 0.3 is 0 Å². The van der Waals surface area contributed by atoms with Crippen molar-refractivity contribution in [3.05, 3.63) is 0 Å². The summed E-state index contributed by atoms with van der Waals surface area (Å²) in [5, 5.41) is 3.78. The minimum atomic E-state index is 0. The molecule has 0 spiro atoms. The van der Waals surface area contributed by atoms with Crippen LogP contribution in [0.4, 0.5) is 0 Å². The van der Waals surface area contributed by atoms with Crippen LogP contribution in [-0.4, -0.2) is 63.0 Å². The highest BCUT2D eigenvalue weighted by atomic mass is 127. The van der Waals surface area contributed by atoms with Crippen LogP contribution in [0.3, 0.4) is 0 Å². The number of methoxy groups -OCH3 is 1. The predicted molar refractivity (Wildman–Crippen MR) is 103 cm³/mol. The molecule has 3 fully saturated rings. The van der Waals surface area contributed by atoms with Crippen molar-refractivity contribution in [3.63, 3.8) is 0 Å². The maximum atomic E-state index is 5.90. The van der Waals surface area contributed by atoms with Crippen LogP contribution < -0.4 is 5.32 Å². The van der Waals surface area contributed by atoms with E-state index in [1.54, 1.807) is 7.11 Å². The standard InChI is InChI=1S/C17H31N3O2.HI/c1-5-18-16(20-8-6-12(10-20)11-21-4)19-14-13-7-9-22-15(13)17(14,2)3;/h12-15H,5-11H2,1-4H3,(H,18,19);1H. The van der Waals surface area contributed by atoms with E-state index < -0.39 is 0 Å². The Labute approximate surface area is 157 Å². The topological polar surface area (TPSA) is 46.1 Å². The Hall–Kier alpha value is -0.0800. The first-order chi connectivity index (χ1) is 10.6. The van der Waals surface area contributed by atoms with Gasteiger partial charge in [0.05, 0.1) is 12.7 Å². The van der Waals surface area contributed by atoms with Crippen molar-refractivity contribution in [1.29, 1.82) is 0 Å². The predicted octanol–water partition coefficient (Wildman–Crippen LogP) is 2.35. The molecule has 4 unspecified atom stereocenters. The zero-order valence-electron chi connectivity index (χ0n) is 14.9. The molecule has 2 heterocycles. The molecule has 0 aromatic rings. The van der Waals surface area contributed by atoms with Crippen molar-refractivity contribution < 1.29 is 9.47 Å². The van der Waals surface area contributed by atoms with E-state index in [4.69, 9.17) is 14.5 Å². The molecule has 5 nitrogen and oxygen atoms in total. The summed E-state index contributed by atoms with van der Waals surface area (Å²) in [6.07, 6.45) is 2.80. The summed E-state index contributed by atoms with van der Waals surface area (Å²) in [6, 6.07) is 0.478. The number of rotatable bonds is 4. The number of fused-ring (bicyclic) bond motifs is 1. The molecule has 4 atom stereocenters. The minimum Gasteiger partial charge on any atom is -0.384 e. The first-order valence-electron chi connectivity index (χ1n) is 8.74. The van der Waals surface area contributed by atoms with Crippen LogP contribution in [0.15, 0.2) is 4.99 Å². The van der Waals surface area contributed by atoms with Gasteiger partial charge in [0.15, 0.2) is 5.96 Å². The van der Waals surface area contributed by atoms with Gasteiger partial charge in [-0.05, 0) is 19.8 Å². The molecule has 134 valence electrons. The molecule has 0 aromatic carbocycles. The molecule has 1 saturated carbocycles. The maximum Gasteiger partial charge on any atom is 0.194 e. The van der Waals surface area contributed by atoms with E-state index >= 15 is 0 Å². The third-order valence-corrected chi connectivity index (χ3v) is 5.68. The average molecular weight is 437 g/mol. The molecule has 2 aliphatic heterocycles. The van der Waals surface area contributed by atoms with Crippen LogP contribution in [0, 0.1) is 17.3 Å². The van der Waals surface area contributed by atoms with Crippen molar-refractivity contribution in [2.24, 2.45) is 22.2 Å². The van der Waals surface area contributed by atoms with Crippen molar-refractivity contribution >= 4 is 29.9 Å². The summed E-state index contributed by atoms with van der Waals surface area (Å²) >= 11 is 0. The van der Waals surface area contributed by atoms with E-state index in [-0.39, 0.29) is 29.4 Å². The third kappa shape index (κ3) is 3.63. The fourth-order valence-corrected chi connectivity index (χ4v) is 4.54. The van der Waals surface area contributed by atoms with Gasteiger partial charge in [0.2, 0.25) is 0 Å². The van der Waals surface area contributed by atoms with E-state index in [1.165, 1.54) is 12.8 Å². The first kappa shape index (κ1) is 19.2. The fourth-order valence-electron chi connectivity index (χ4n) is 4.54. The minimum absolute atomic E-state index is 0. The lowest BCUT2D eigenvalue weighted by Gasteiger charge is -2.55. The number of ether oxygens (including phenoxy) is 2. The maximum absolute atomic E-state index is 5.90. The lowest BCUT2D eigenvalue weighted by Crippen LogP contribution is -2.68. The Morgan fingerprint density at radius 1 is 1.39 bits per heavy atom. The SMILES string of the molecule is CCN=C(NC1C2CCOC2C1(C)C)N1CCC(COC)C1.I. The monoisotopic (exact) mass is 437 g/mol. The van der Waals surface area contributed by atoms with Gasteiger partial charge in [-0.25, -0.2) is 0 Å². The number of nitrogens with zero attached hydrogens (tertiary/aromatic N) is 2. The molecule has 1 aliphatic carbocycles. The van der Waals surface area contributed by atoms with Gasteiger partial charge in [-0.2, -0.15) is 0 Å². The van der Waals surface area contributed by atoms with Crippen molar-refractivity contribution in [2.75, 3.05) is 40.0 Å². The highest BCUT2D eigenvalue weighted by molar-refractivity contribution is 14.0. The van der Waals surface area contributed by atoms with Crippen LogP contribution >= 0.6 is 24.0 Å². The van der Waals surface area contributed by atoms with Gasteiger partial charge in [0.25, 0.3) is 0 Å². The smallest absolute Gasteiger partial charge is 0.194 e. The normalized spacial score (nSPS) is 35.5. The van der Waals surface area contributed by atoms with Crippen LogP contribution in [0.25, 0.3) is 0 Å². The van der Waals surface area contributed by atoms with Gasteiger partial charge in [0.1, 0.15) is 0 Å². The van der Waals surface area contributed by atoms with Gasteiger partial charge in [0, 0.05) is 56.6 Å². The van der Waals surface area contributed by atoms with E-state index in [0.717, 1.165) is 38.8 Å².